The normalized spacial score (nSPS) is 11.8. The van der Waals surface area contributed by atoms with Crippen molar-refractivity contribution >= 4 is 27.3 Å². The molecule has 0 aromatic heterocycles. The second-order valence-electron chi connectivity index (χ2n) is 6.18. The van der Waals surface area contributed by atoms with E-state index in [0.29, 0.717) is 0 Å². The van der Waals surface area contributed by atoms with Crippen molar-refractivity contribution in [2.24, 2.45) is 0 Å². The summed E-state index contributed by atoms with van der Waals surface area (Å²) in [6.07, 6.45) is -3.70. The predicted molar refractivity (Wildman–Crippen MR) is 101 cm³/mol. The lowest BCUT2D eigenvalue weighted by molar-refractivity contribution is -0.137. The number of sulfone groups is 1. The van der Waals surface area contributed by atoms with Crippen molar-refractivity contribution in [2.75, 3.05) is 24.7 Å². The first-order chi connectivity index (χ1) is 13.4. The fourth-order valence-electron chi connectivity index (χ4n) is 2.67. The van der Waals surface area contributed by atoms with Gasteiger partial charge in [0, 0.05) is 12.8 Å². The number of para-hydroxylation sites is 1. The summed E-state index contributed by atoms with van der Waals surface area (Å²) in [4.78, 5) is 25.9. The van der Waals surface area contributed by atoms with Gasteiger partial charge in [0.2, 0.25) is 5.91 Å². The minimum Gasteiger partial charge on any atom is -0.330 e. The Balaban J connectivity index is 2.24. The molecule has 0 aliphatic carbocycles. The molecular formula is C19H19F3N2O4S. The van der Waals surface area contributed by atoms with Gasteiger partial charge in [-0.3, -0.25) is 9.59 Å². The fraction of sp³-hybridized carbons (Fsp3) is 0.263. The number of amides is 2. The van der Waals surface area contributed by atoms with Gasteiger partial charge in [-0.05, 0) is 31.2 Å². The second kappa shape index (κ2) is 8.64. The second-order valence-corrected chi connectivity index (χ2v) is 8.16. The average Bonchev–Trinajstić information content (AvgIpc) is 2.64. The highest BCUT2D eigenvalue weighted by Gasteiger charge is 2.33. The topological polar surface area (TPSA) is 83.6 Å². The molecule has 6 nitrogen and oxygen atoms in total. The smallest absolute Gasteiger partial charge is 0.330 e. The molecule has 10 heteroatoms. The number of hydrogen-bond donors (Lipinski definition) is 1. The third-order valence-corrected chi connectivity index (χ3v) is 5.18. The van der Waals surface area contributed by atoms with Crippen LogP contribution in [0.1, 0.15) is 22.8 Å². The van der Waals surface area contributed by atoms with Crippen LogP contribution in [0.25, 0.3) is 0 Å². The molecule has 2 aromatic rings. The van der Waals surface area contributed by atoms with Crippen molar-refractivity contribution < 1.29 is 31.2 Å². The molecule has 2 aromatic carbocycles. The van der Waals surface area contributed by atoms with E-state index in [1.54, 1.807) is 6.92 Å². The van der Waals surface area contributed by atoms with Crippen molar-refractivity contribution in [3.63, 3.8) is 0 Å². The molecule has 0 unspecified atom stereocenters. The monoisotopic (exact) mass is 428 g/mol. The number of benzene rings is 2. The summed E-state index contributed by atoms with van der Waals surface area (Å²) in [5.41, 5.74) is -1.55. The zero-order valence-electron chi connectivity index (χ0n) is 15.7. The van der Waals surface area contributed by atoms with Crippen LogP contribution in [-0.4, -0.2) is 44.5 Å². The molecule has 0 heterocycles. The highest BCUT2D eigenvalue weighted by Crippen LogP contribution is 2.34. The van der Waals surface area contributed by atoms with Gasteiger partial charge in [0.15, 0.2) is 9.84 Å². The minimum absolute atomic E-state index is 0.0469. The van der Waals surface area contributed by atoms with E-state index in [2.05, 4.69) is 5.32 Å². The van der Waals surface area contributed by atoms with Crippen LogP contribution in [0.2, 0.25) is 0 Å². The van der Waals surface area contributed by atoms with E-state index in [9.17, 15) is 31.2 Å². The maximum atomic E-state index is 13.1. The van der Waals surface area contributed by atoms with Crippen LogP contribution in [0.3, 0.4) is 0 Å². The standard InChI is InChI=1S/C19H19F3N2O4S/c1-3-24(18(26)13-8-4-7-11-16(13)29(2,27)28)12-17(25)23-15-10-6-5-9-14(15)19(20,21)22/h4-11H,3,12H2,1-2H3,(H,23,25). The Morgan fingerprint density at radius 2 is 1.62 bits per heavy atom. The number of hydrogen-bond acceptors (Lipinski definition) is 4. The van der Waals surface area contributed by atoms with E-state index >= 15 is 0 Å². The van der Waals surface area contributed by atoms with Gasteiger partial charge in [-0.15, -0.1) is 0 Å². The predicted octanol–water partition coefficient (Wildman–Crippen LogP) is 3.21. The lowest BCUT2D eigenvalue weighted by Gasteiger charge is -2.22. The van der Waals surface area contributed by atoms with Gasteiger partial charge in [-0.2, -0.15) is 13.2 Å². The number of nitrogens with zero attached hydrogens (tertiary/aromatic N) is 1. The zero-order chi connectivity index (χ0) is 21.8. The fourth-order valence-corrected chi connectivity index (χ4v) is 3.55. The van der Waals surface area contributed by atoms with Gasteiger partial charge in [0.1, 0.15) is 6.54 Å². The Hall–Kier alpha value is -2.88. The quantitative estimate of drug-likeness (QED) is 0.766. The van der Waals surface area contributed by atoms with E-state index in [1.807, 2.05) is 0 Å². The number of halogens is 3. The van der Waals surface area contributed by atoms with Crippen LogP contribution in [0.15, 0.2) is 53.4 Å². The molecule has 0 atom stereocenters. The molecular weight excluding hydrogens is 409 g/mol. The molecule has 0 bridgehead atoms. The van der Waals surface area contributed by atoms with Crippen molar-refractivity contribution in [3.05, 3.63) is 59.7 Å². The number of nitrogens with one attached hydrogen (secondary N) is 1. The lowest BCUT2D eigenvalue weighted by Crippen LogP contribution is -2.38. The highest BCUT2D eigenvalue weighted by molar-refractivity contribution is 7.90. The number of anilines is 1. The molecule has 156 valence electrons. The summed E-state index contributed by atoms with van der Waals surface area (Å²) in [7, 11) is -3.69. The molecule has 0 saturated heterocycles. The molecule has 0 spiro atoms. The summed E-state index contributed by atoms with van der Waals surface area (Å²) >= 11 is 0. The van der Waals surface area contributed by atoms with Crippen LogP contribution in [-0.2, 0) is 20.8 Å². The largest absolute Gasteiger partial charge is 0.418 e. The van der Waals surface area contributed by atoms with E-state index < -0.39 is 45.6 Å². The third-order valence-electron chi connectivity index (χ3n) is 4.03. The lowest BCUT2D eigenvalue weighted by atomic mass is 10.1. The van der Waals surface area contributed by atoms with E-state index in [-0.39, 0.29) is 17.0 Å². The van der Waals surface area contributed by atoms with E-state index in [4.69, 9.17) is 0 Å². The number of carbonyl (C=O) groups excluding carboxylic acids is 2. The Morgan fingerprint density at radius 1 is 1.03 bits per heavy atom. The van der Waals surface area contributed by atoms with Crippen LogP contribution >= 0.6 is 0 Å². The number of carbonyl (C=O) groups is 2. The van der Waals surface area contributed by atoms with Crippen molar-refractivity contribution in [2.45, 2.75) is 18.0 Å². The molecule has 0 aliphatic heterocycles. The van der Waals surface area contributed by atoms with Crippen molar-refractivity contribution in [3.8, 4) is 0 Å². The van der Waals surface area contributed by atoms with Gasteiger partial charge in [-0.1, -0.05) is 24.3 Å². The van der Waals surface area contributed by atoms with Crippen molar-refractivity contribution in [1.29, 1.82) is 0 Å². The zero-order valence-corrected chi connectivity index (χ0v) is 16.5. The van der Waals surface area contributed by atoms with Crippen LogP contribution in [0, 0.1) is 0 Å². The van der Waals surface area contributed by atoms with Crippen LogP contribution in [0.5, 0.6) is 0 Å². The Labute approximate surface area is 166 Å². The van der Waals surface area contributed by atoms with E-state index in [0.717, 1.165) is 23.3 Å². The summed E-state index contributed by atoms with van der Waals surface area (Å²) < 4.78 is 63.0. The molecule has 2 amide bonds. The Morgan fingerprint density at radius 3 is 2.21 bits per heavy atom. The van der Waals surface area contributed by atoms with Gasteiger partial charge in [0.05, 0.1) is 21.7 Å². The molecule has 2 rings (SSSR count). The first-order valence-corrected chi connectivity index (χ1v) is 10.4. The molecule has 0 fully saturated rings. The third kappa shape index (κ3) is 5.57. The maximum absolute atomic E-state index is 13.1. The first kappa shape index (κ1) is 22.4. The van der Waals surface area contributed by atoms with Crippen molar-refractivity contribution in [1.82, 2.24) is 4.90 Å². The summed E-state index contributed by atoms with van der Waals surface area (Å²) in [5, 5.41) is 2.16. The summed E-state index contributed by atoms with van der Waals surface area (Å²) in [6.45, 7) is 1.07. The molecule has 0 radical (unpaired) electrons. The van der Waals surface area contributed by atoms with E-state index in [1.165, 1.54) is 36.4 Å². The van der Waals surface area contributed by atoms with Gasteiger partial charge in [0.25, 0.3) is 5.91 Å². The summed E-state index contributed by atoms with van der Waals surface area (Å²) in [5.74, 6) is -1.55. The summed E-state index contributed by atoms with van der Waals surface area (Å²) in [6, 6.07) is 10.0. The molecule has 0 saturated carbocycles. The Bertz CT molecular complexity index is 1020. The molecule has 1 N–H and O–H groups in total. The van der Waals surface area contributed by atoms with Gasteiger partial charge in [-0.25, -0.2) is 8.42 Å². The average molecular weight is 428 g/mol. The number of likely N-dealkylation sites (N-methyl/N-ethyl adjacent to an activating group) is 1. The van der Waals surface area contributed by atoms with Crippen LogP contribution in [0.4, 0.5) is 18.9 Å². The SMILES string of the molecule is CCN(CC(=O)Nc1ccccc1C(F)(F)F)C(=O)c1ccccc1S(C)(=O)=O. The Kier molecular flexibility index (Phi) is 6.68. The molecule has 29 heavy (non-hydrogen) atoms. The first-order valence-electron chi connectivity index (χ1n) is 8.49. The van der Waals surface area contributed by atoms with Gasteiger partial charge >= 0.3 is 6.18 Å². The maximum Gasteiger partial charge on any atom is 0.418 e. The van der Waals surface area contributed by atoms with Gasteiger partial charge < -0.3 is 10.2 Å². The highest BCUT2D eigenvalue weighted by atomic mass is 32.2. The number of alkyl halides is 3. The molecule has 0 aliphatic rings. The van der Waals surface area contributed by atoms with Crippen LogP contribution < -0.4 is 5.32 Å². The minimum atomic E-state index is -4.65. The number of rotatable bonds is 6.